The summed E-state index contributed by atoms with van der Waals surface area (Å²) in [5.41, 5.74) is 17.6. The first-order valence-corrected chi connectivity index (χ1v) is 22.6. The average Bonchev–Trinajstić information content (AvgIpc) is 3.85. The van der Waals surface area contributed by atoms with Gasteiger partial charge in [0, 0.05) is 38.6 Å². The number of benzene rings is 11. The second kappa shape index (κ2) is 14.4. The van der Waals surface area contributed by atoms with Crippen molar-refractivity contribution in [3.05, 3.63) is 236 Å². The van der Waals surface area contributed by atoms with E-state index < -0.39 is 0 Å². The fourth-order valence-corrected chi connectivity index (χ4v) is 10.6. The van der Waals surface area contributed by atoms with Crippen LogP contribution in [0.25, 0.3) is 98.8 Å². The Balaban J connectivity index is 0.890. The van der Waals surface area contributed by atoms with E-state index in [1.165, 1.54) is 82.6 Å². The fraction of sp³-hybridized carbons (Fsp3) is 0.0476. The van der Waals surface area contributed by atoms with Crippen molar-refractivity contribution in [2.24, 2.45) is 0 Å². The molecular formula is C63H43NO. The van der Waals surface area contributed by atoms with Crippen molar-refractivity contribution in [2.75, 3.05) is 4.90 Å². The van der Waals surface area contributed by atoms with Gasteiger partial charge in [-0.1, -0.05) is 172 Å². The van der Waals surface area contributed by atoms with Crippen LogP contribution in [-0.4, -0.2) is 0 Å². The molecule has 13 rings (SSSR count). The molecule has 0 bridgehead atoms. The smallest absolute Gasteiger partial charge is 0.143 e. The van der Waals surface area contributed by atoms with E-state index in [2.05, 4.69) is 237 Å². The number of para-hydroxylation sites is 1. The molecular weight excluding hydrogens is 787 g/mol. The topological polar surface area (TPSA) is 16.4 Å². The number of hydrogen-bond acceptors (Lipinski definition) is 2. The minimum absolute atomic E-state index is 0.181. The van der Waals surface area contributed by atoms with Gasteiger partial charge in [-0.3, -0.25) is 0 Å². The van der Waals surface area contributed by atoms with E-state index in [1.54, 1.807) is 0 Å². The predicted molar refractivity (Wildman–Crippen MR) is 275 cm³/mol. The highest BCUT2D eigenvalue weighted by atomic mass is 16.3. The zero-order valence-electron chi connectivity index (χ0n) is 36.2. The molecule has 12 aromatic rings. The third-order valence-electron chi connectivity index (χ3n) is 14.0. The molecule has 0 fully saturated rings. The van der Waals surface area contributed by atoms with Gasteiger partial charge in [-0.15, -0.1) is 0 Å². The molecule has 306 valence electrons. The number of nitrogens with zero attached hydrogens (tertiary/aromatic N) is 1. The molecule has 0 radical (unpaired) electrons. The lowest BCUT2D eigenvalue weighted by molar-refractivity contribution is 0.660. The van der Waals surface area contributed by atoms with Gasteiger partial charge in [0.05, 0.1) is 0 Å². The zero-order chi connectivity index (χ0) is 43.2. The fourth-order valence-electron chi connectivity index (χ4n) is 10.6. The Kier molecular flexibility index (Phi) is 8.29. The number of fused-ring (bicyclic) bond motifs is 10. The minimum Gasteiger partial charge on any atom is -0.455 e. The third-order valence-corrected chi connectivity index (χ3v) is 14.0. The van der Waals surface area contributed by atoms with Gasteiger partial charge in [-0.05, 0) is 149 Å². The van der Waals surface area contributed by atoms with Crippen molar-refractivity contribution in [1.82, 2.24) is 0 Å². The number of hydrogen-bond donors (Lipinski definition) is 0. The van der Waals surface area contributed by atoms with Gasteiger partial charge in [0.2, 0.25) is 0 Å². The summed E-state index contributed by atoms with van der Waals surface area (Å²) in [6.07, 6.45) is 0. The van der Waals surface area contributed by atoms with E-state index in [4.69, 9.17) is 4.42 Å². The van der Waals surface area contributed by atoms with Crippen LogP contribution >= 0.6 is 0 Å². The van der Waals surface area contributed by atoms with Gasteiger partial charge < -0.3 is 9.32 Å². The zero-order valence-corrected chi connectivity index (χ0v) is 36.2. The molecule has 0 saturated carbocycles. The van der Waals surface area contributed by atoms with Gasteiger partial charge in [0.1, 0.15) is 11.2 Å². The summed E-state index contributed by atoms with van der Waals surface area (Å²) in [6.45, 7) is 4.75. The summed E-state index contributed by atoms with van der Waals surface area (Å²) in [5.74, 6) is 0. The Labute approximate surface area is 378 Å². The Bertz CT molecular complexity index is 3840. The van der Waals surface area contributed by atoms with Crippen LogP contribution in [0.5, 0.6) is 0 Å². The first-order chi connectivity index (χ1) is 31.9. The lowest BCUT2D eigenvalue weighted by Crippen LogP contribution is -2.16. The van der Waals surface area contributed by atoms with Crippen LogP contribution in [0.4, 0.5) is 17.1 Å². The summed E-state index contributed by atoms with van der Waals surface area (Å²) >= 11 is 0. The second-order valence-corrected chi connectivity index (χ2v) is 18.1. The molecule has 0 atom stereocenters. The maximum atomic E-state index is 6.41. The molecule has 1 heterocycles. The van der Waals surface area contributed by atoms with Crippen LogP contribution in [0.2, 0.25) is 0 Å². The molecule has 1 aromatic heterocycles. The second-order valence-electron chi connectivity index (χ2n) is 18.1. The SMILES string of the molecule is CC1(C)c2cc(-c3ccccc3)ccc2-c2ccc(N(c3ccc(-c4ccc(-c5cc6c7ccccc7oc6c6ccccc56)cc4)cc3)c3ccc4cc5ccccc5cc4c3)cc21. The van der Waals surface area contributed by atoms with Crippen LogP contribution in [0.1, 0.15) is 25.0 Å². The van der Waals surface area contributed by atoms with Crippen LogP contribution in [0.15, 0.2) is 229 Å². The molecule has 0 aliphatic heterocycles. The number of furan rings is 1. The van der Waals surface area contributed by atoms with E-state index >= 15 is 0 Å². The van der Waals surface area contributed by atoms with Crippen LogP contribution < -0.4 is 4.90 Å². The molecule has 65 heavy (non-hydrogen) atoms. The van der Waals surface area contributed by atoms with Gasteiger partial charge in [-0.25, -0.2) is 0 Å². The molecule has 1 aliphatic carbocycles. The van der Waals surface area contributed by atoms with E-state index in [0.717, 1.165) is 44.4 Å². The van der Waals surface area contributed by atoms with Crippen molar-refractivity contribution >= 4 is 71.3 Å². The van der Waals surface area contributed by atoms with Crippen molar-refractivity contribution < 1.29 is 4.42 Å². The first-order valence-electron chi connectivity index (χ1n) is 22.6. The highest BCUT2D eigenvalue weighted by Gasteiger charge is 2.36. The van der Waals surface area contributed by atoms with E-state index in [-0.39, 0.29) is 5.41 Å². The summed E-state index contributed by atoms with van der Waals surface area (Å²) in [4.78, 5) is 2.43. The quantitative estimate of drug-likeness (QED) is 0.155. The molecule has 0 unspecified atom stereocenters. The molecule has 0 N–H and O–H groups in total. The Morgan fingerprint density at radius 1 is 0.323 bits per heavy atom. The molecule has 2 nitrogen and oxygen atoms in total. The van der Waals surface area contributed by atoms with Gasteiger partial charge >= 0.3 is 0 Å². The summed E-state index contributed by atoms with van der Waals surface area (Å²) in [5, 5.41) is 9.56. The Morgan fingerprint density at radius 3 is 1.62 bits per heavy atom. The molecule has 11 aromatic carbocycles. The number of rotatable bonds is 6. The standard InChI is InChI=1S/C63H43NO/c1-63(2)59-37-47(40-12-4-3-5-13-40)27-32-53(59)54-33-31-51(38-60(54)63)64(50-30-26-46-34-44-14-6-7-15-45(44)35-48(46)36-50)49-28-24-42(25-29-49)41-20-22-43(23-21-41)57-39-58-55-17-10-11-19-61(55)65-62(58)56-18-9-8-16-52(56)57/h3-39H,1-2H3. The Morgan fingerprint density at radius 2 is 0.846 bits per heavy atom. The number of anilines is 3. The lowest BCUT2D eigenvalue weighted by atomic mass is 9.81. The van der Waals surface area contributed by atoms with E-state index in [1.807, 2.05) is 6.07 Å². The summed E-state index contributed by atoms with van der Waals surface area (Å²) < 4.78 is 6.41. The van der Waals surface area contributed by atoms with Crippen LogP contribution in [0, 0.1) is 0 Å². The minimum atomic E-state index is -0.181. The van der Waals surface area contributed by atoms with E-state index in [0.29, 0.717) is 0 Å². The maximum Gasteiger partial charge on any atom is 0.143 e. The van der Waals surface area contributed by atoms with Crippen LogP contribution in [0.3, 0.4) is 0 Å². The molecule has 2 heteroatoms. The normalized spacial score (nSPS) is 12.9. The van der Waals surface area contributed by atoms with Crippen molar-refractivity contribution in [3.8, 4) is 44.5 Å². The monoisotopic (exact) mass is 829 g/mol. The molecule has 0 saturated heterocycles. The lowest BCUT2D eigenvalue weighted by Gasteiger charge is -2.28. The first kappa shape index (κ1) is 37.4. The van der Waals surface area contributed by atoms with Crippen molar-refractivity contribution in [3.63, 3.8) is 0 Å². The van der Waals surface area contributed by atoms with Crippen molar-refractivity contribution in [2.45, 2.75) is 19.3 Å². The third kappa shape index (κ3) is 6.02. The predicted octanol–water partition coefficient (Wildman–Crippen LogP) is 17.8. The average molecular weight is 830 g/mol. The van der Waals surface area contributed by atoms with Crippen molar-refractivity contribution in [1.29, 1.82) is 0 Å². The highest BCUT2D eigenvalue weighted by Crippen LogP contribution is 2.52. The van der Waals surface area contributed by atoms with E-state index in [9.17, 15) is 0 Å². The molecule has 1 aliphatic rings. The summed E-state index contributed by atoms with van der Waals surface area (Å²) in [6, 6.07) is 82.3. The molecule has 0 spiro atoms. The largest absolute Gasteiger partial charge is 0.455 e. The Hall–Kier alpha value is -8.20. The summed E-state index contributed by atoms with van der Waals surface area (Å²) in [7, 11) is 0. The maximum absolute atomic E-state index is 6.41. The molecule has 0 amide bonds. The van der Waals surface area contributed by atoms with Gasteiger partial charge in [-0.2, -0.15) is 0 Å². The van der Waals surface area contributed by atoms with Crippen LogP contribution in [-0.2, 0) is 5.41 Å². The van der Waals surface area contributed by atoms with Gasteiger partial charge in [0.15, 0.2) is 0 Å². The highest BCUT2D eigenvalue weighted by molar-refractivity contribution is 6.19. The van der Waals surface area contributed by atoms with Gasteiger partial charge in [0.25, 0.3) is 0 Å².